The molecule has 0 aromatic rings. The minimum atomic E-state index is -1.91. The largest absolute Gasteiger partial charge is 0.394 e. The summed E-state index contributed by atoms with van der Waals surface area (Å²) in [6.07, 6.45) is -34.3. The monoisotopic (exact) mass is 666 g/mol. The van der Waals surface area contributed by atoms with Crippen LogP contribution in [0.25, 0.3) is 0 Å². The third-order valence-corrected chi connectivity index (χ3v) is 8.17. The molecule has 0 unspecified atom stereocenters. The molecule has 4 aliphatic rings. The first-order valence-electron chi connectivity index (χ1n) is 14.1. The molecular formula is C24H42O21. The second-order valence-electron chi connectivity index (χ2n) is 11.2. The summed E-state index contributed by atoms with van der Waals surface area (Å²) < 4.78 is 37.4. The highest BCUT2D eigenvalue weighted by Gasteiger charge is 2.52. The van der Waals surface area contributed by atoms with E-state index in [9.17, 15) is 71.5 Å². The Bertz CT molecular complexity index is 914. The third kappa shape index (κ3) is 7.75. The Kier molecular flexibility index (Phi) is 12.8. The summed E-state index contributed by atoms with van der Waals surface area (Å²) in [5.41, 5.74) is 0. The molecule has 4 fully saturated rings. The van der Waals surface area contributed by atoms with Gasteiger partial charge in [0.2, 0.25) is 0 Å². The van der Waals surface area contributed by atoms with Crippen molar-refractivity contribution in [3.05, 3.63) is 0 Å². The Morgan fingerprint density at radius 3 is 1.31 bits per heavy atom. The van der Waals surface area contributed by atoms with Crippen LogP contribution in [0.2, 0.25) is 0 Å². The molecule has 0 aromatic carbocycles. The second-order valence-corrected chi connectivity index (χ2v) is 11.2. The molecule has 21 heteroatoms. The molecule has 4 heterocycles. The second kappa shape index (κ2) is 15.6. The summed E-state index contributed by atoms with van der Waals surface area (Å²) in [6.45, 7) is -2.92. The number of ether oxygens (including phenoxy) is 7. The molecule has 0 saturated carbocycles. The van der Waals surface area contributed by atoms with Gasteiger partial charge in [-0.1, -0.05) is 0 Å². The van der Waals surface area contributed by atoms with Crippen molar-refractivity contribution in [3.8, 4) is 0 Å². The highest BCUT2D eigenvalue weighted by Crippen LogP contribution is 2.31. The van der Waals surface area contributed by atoms with Gasteiger partial charge < -0.3 is 105 Å². The van der Waals surface area contributed by atoms with Crippen LogP contribution >= 0.6 is 0 Å². The van der Waals surface area contributed by atoms with Gasteiger partial charge >= 0.3 is 0 Å². The van der Waals surface area contributed by atoms with Gasteiger partial charge in [-0.25, -0.2) is 0 Å². The zero-order valence-corrected chi connectivity index (χ0v) is 23.5. The number of rotatable bonds is 10. The van der Waals surface area contributed by atoms with Crippen LogP contribution in [-0.4, -0.2) is 221 Å². The molecule has 0 radical (unpaired) electrons. The molecule has 0 bridgehead atoms. The van der Waals surface area contributed by atoms with E-state index < -0.39 is 149 Å². The van der Waals surface area contributed by atoms with Crippen LogP contribution in [0.5, 0.6) is 0 Å². The topological polar surface area (TPSA) is 348 Å². The van der Waals surface area contributed by atoms with Gasteiger partial charge in [-0.3, -0.25) is 0 Å². The Hall–Kier alpha value is -0.840. The lowest BCUT2D eigenvalue weighted by Crippen LogP contribution is -2.65. The summed E-state index contributed by atoms with van der Waals surface area (Å²) in [6, 6.07) is 0. The Balaban J connectivity index is 1.35. The zero-order valence-electron chi connectivity index (χ0n) is 23.5. The SMILES string of the molecule is OC[C@H]1O[C@H](O[C@H]2[C@H](O)[C@@H](O)[C@@H](OC[C@H]3O[C@H](OC[C@H]4O[C@@H](O)[C@H](O)[C@@H](O)[C@@H]4O)[C@H](O)[C@@H](O)[C@@H]3O)O[C@@H]2CO)[C@H](O)[C@@H](O)[C@@H]1O. The highest BCUT2D eigenvalue weighted by molar-refractivity contribution is 4.95. The molecule has 0 aromatic heterocycles. The van der Waals surface area contributed by atoms with Gasteiger partial charge in [0.05, 0.1) is 26.4 Å². The van der Waals surface area contributed by atoms with E-state index in [-0.39, 0.29) is 0 Å². The lowest BCUT2D eigenvalue weighted by Gasteiger charge is -2.46. The van der Waals surface area contributed by atoms with Crippen LogP contribution in [0.3, 0.4) is 0 Å². The summed E-state index contributed by atoms with van der Waals surface area (Å²) in [5.74, 6) is 0. The summed E-state index contributed by atoms with van der Waals surface area (Å²) in [4.78, 5) is 0. The lowest BCUT2D eigenvalue weighted by molar-refractivity contribution is -0.365. The summed E-state index contributed by atoms with van der Waals surface area (Å²) in [5, 5.41) is 141. The van der Waals surface area contributed by atoms with E-state index in [0.29, 0.717) is 0 Å². The normalized spacial score (nSPS) is 52.9. The van der Waals surface area contributed by atoms with E-state index in [1.54, 1.807) is 0 Å². The predicted molar refractivity (Wildman–Crippen MR) is 134 cm³/mol. The van der Waals surface area contributed by atoms with Crippen LogP contribution in [0.1, 0.15) is 0 Å². The van der Waals surface area contributed by atoms with E-state index in [4.69, 9.17) is 33.2 Å². The zero-order chi connectivity index (χ0) is 33.3. The van der Waals surface area contributed by atoms with E-state index >= 15 is 0 Å². The summed E-state index contributed by atoms with van der Waals surface area (Å²) >= 11 is 0. The van der Waals surface area contributed by atoms with Crippen molar-refractivity contribution in [2.45, 2.75) is 123 Å². The molecule has 21 nitrogen and oxygen atoms in total. The van der Waals surface area contributed by atoms with Crippen molar-refractivity contribution in [1.29, 1.82) is 0 Å². The molecule has 4 rings (SSSR count). The first-order valence-corrected chi connectivity index (χ1v) is 14.1. The van der Waals surface area contributed by atoms with Crippen molar-refractivity contribution in [2.24, 2.45) is 0 Å². The Labute approximate surface area is 254 Å². The average molecular weight is 667 g/mol. The summed E-state index contributed by atoms with van der Waals surface area (Å²) in [7, 11) is 0. The fourth-order valence-electron chi connectivity index (χ4n) is 5.33. The smallest absolute Gasteiger partial charge is 0.187 e. The van der Waals surface area contributed by atoms with Crippen molar-refractivity contribution in [1.82, 2.24) is 0 Å². The molecule has 0 amide bonds. The van der Waals surface area contributed by atoms with Crippen LogP contribution in [0, 0.1) is 0 Å². The molecule has 0 aliphatic carbocycles. The van der Waals surface area contributed by atoms with E-state index in [1.807, 2.05) is 0 Å². The number of aliphatic hydroxyl groups excluding tert-OH is 14. The first kappa shape index (κ1) is 37.0. The van der Waals surface area contributed by atoms with Gasteiger partial charge in [0.1, 0.15) is 97.7 Å². The maximum atomic E-state index is 10.7. The van der Waals surface area contributed by atoms with Gasteiger partial charge in [-0.05, 0) is 0 Å². The van der Waals surface area contributed by atoms with E-state index in [1.165, 1.54) is 0 Å². The Morgan fingerprint density at radius 1 is 0.378 bits per heavy atom. The number of hydrogen-bond acceptors (Lipinski definition) is 21. The predicted octanol–water partition coefficient (Wildman–Crippen LogP) is -9.75. The van der Waals surface area contributed by atoms with Crippen LogP contribution in [0.15, 0.2) is 0 Å². The standard InChI is InChI=1S/C24H42O21/c25-1-5-9(27)13(31)18(36)24(42-5)45-20-6(2-26)43-23(19(37)15(20)33)40-4-8-11(29)14(32)17(35)22(44-8)39-3-7-10(28)12(30)16(34)21(38)41-7/h5-38H,1-4H2/t5-,6-,7-,8-,9-,10-,11-,12+,13+,14+,15-,16-,17-,18-,19-,20-,21-,22+,23+,24-/m1/s1. The van der Waals surface area contributed by atoms with Gasteiger partial charge in [-0.15, -0.1) is 0 Å². The van der Waals surface area contributed by atoms with Crippen molar-refractivity contribution >= 4 is 0 Å². The highest BCUT2D eigenvalue weighted by atomic mass is 16.8. The fourth-order valence-corrected chi connectivity index (χ4v) is 5.33. The van der Waals surface area contributed by atoms with Crippen molar-refractivity contribution in [2.75, 3.05) is 26.4 Å². The van der Waals surface area contributed by atoms with Gasteiger partial charge in [0.15, 0.2) is 25.2 Å². The van der Waals surface area contributed by atoms with Crippen LogP contribution < -0.4 is 0 Å². The van der Waals surface area contributed by atoms with Gasteiger partial charge in [-0.2, -0.15) is 0 Å². The van der Waals surface area contributed by atoms with Crippen LogP contribution in [-0.2, 0) is 33.2 Å². The average Bonchev–Trinajstić information content (AvgIpc) is 3.03. The number of aliphatic hydroxyl groups is 14. The van der Waals surface area contributed by atoms with Gasteiger partial charge in [0, 0.05) is 0 Å². The molecule has 4 saturated heterocycles. The molecule has 20 atom stereocenters. The number of hydrogen-bond donors (Lipinski definition) is 14. The lowest BCUT2D eigenvalue weighted by atomic mass is 9.97. The molecule has 0 spiro atoms. The minimum absolute atomic E-state index is 0.634. The van der Waals surface area contributed by atoms with Gasteiger partial charge in [0.25, 0.3) is 0 Å². The maximum Gasteiger partial charge on any atom is 0.187 e. The fraction of sp³-hybridized carbons (Fsp3) is 1.00. The molecule has 264 valence electrons. The van der Waals surface area contributed by atoms with Crippen molar-refractivity contribution in [3.63, 3.8) is 0 Å². The van der Waals surface area contributed by atoms with E-state index in [0.717, 1.165) is 0 Å². The molecule has 45 heavy (non-hydrogen) atoms. The molecule has 4 aliphatic heterocycles. The first-order chi connectivity index (χ1) is 21.2. The maximum absolute atomic E-state index is 10.7. The van der Waals surface area contributed by atoms with Crippen LogP contribution in [0.4, 0.5) is 0 Å². The quantitative estimate of drug-likeness (QED) is 0.103. The molecular weight excluding hydrogens is 624 g/mol. The van der Waals surface area contributed by atoms with E-state index in [2.05, 4.69) is 0 Å². The third-order valence-electron chi connectivity index (χ3n) is 8.17. The van der Waals surface area contributed by atoms with Crippen molar-refractivity contribution < 1.29 is 105 Å². The Morgan fingerprint density at radius 2 is 0.778 bits per heavy atom. The molecule has 14 N–H and O–H groups in total. The minimum Gasteiger partial charge on any atom is -0.394 e.